The molecule has 2 unspecified atom stereocenters. The van der Waals surface area contributed by atoms with Crippen molar-refractivity contribution in [1.82, 2.24) is 0 Å². The number of nitrogens with zero attached hydrogens (tertiary/aromatic N) is 1. The zero-order valence-corrected chi connectivity index (χ0v) is 20.5. The highest BCUT2D eigenvalue weighted by Gasteiger charge is 2.34. The molecule has 0 N–H and O–H groups in total. The fraction of sp³-hybridized carbons (Fsp3) is 0.423. The maximum atomic E-state index is 13.4. The van der Waals surface area contributed by atoms with E-state index in [0.717, 1.165) is 43.1 Å². The Hall–Kier alpha value is -2.74. The van der Waals surface area contributed by atoms with E-state index in [1.54, 1.807) is 12.1 Å². The minimum absolute atomic E-state index is 0.111. The summed E-state index contributed by atoms with van der Waals surface area (Å²) in [4.78, 5) is 15.7. The molecule has 8 heteroatoms. The van der Waals surface area contributed by atoms with E-state index in [1.807, 2.05) is 37.3 Å². The minimum Gasteiger partial charge on any atom is -0.495 e. The third kappa shape index (κ3) is 5.17. The molecule has 2 heterocycles. The van der Waals surface area contributed by atoms with Gasteiger partial charge in [0.25, 0.3) is 0 Å². The first-order valence-electron chi connectivity index (χ1n) is 11.4. The SMILES string of the molecule is CCOC(C(=O)C1CC=C(c2cc(OC)c(Cl)c(OC)c2)O1)c1ccc(N2CCOCC2)cc1. The molecule has 0 bridgehead atoms. The zero-order valence-electron chi connectivity index (χ0n) is 19.7. The molecule has 2 aliphatic rings. The first kappa shape index (κ1) is 24.4. The van der Waals surface area contributed by atoms with E-state index in [0.29, 0.717) is 35.3 Å². The second kappa shape index (κ2) is 11.1. The van der Waals surface area contributed by atoms with Crippen LogP contribution < -0.4 is 14.4 Å². The molecule has 34 heavy (non-hydrogen) atoms. The van der Waals surface area contributed by atoms with Gasteiger partial charge in [-0.1, -0.05) is 23.7 Å². The summed E-state index contributed by atoms with van der Waals surface area (Å²) in [5, 5.41) is 0.386. The van der Waals surface area contributed by atoms with Crippen LogP contribution in [0.25, 0.3) is 5.76 Å². The maximum Gasteiger partial charge on any atom is 0.206 e. The van der Waals surface area contributed by atoms with E-state index < -0.39 is 12.2 Å². The standard InChI is InChI=1S/C26H30ClNO6/c1-4-33-26(17-5-7-19(8-6-17)28-11-13-32-14-12-28)25(29)21-10-9-20(34-21)18-15-22(30-2)24(27)23(16-18)31-3/h5-9,15-16,21,26H,4,10-14H2,1-3H3. The van der Waals surface area contributed by atoms with Crippen LogP contribution in [0, 0.1) is 0 Å². The fourth-order valence-electron chi connectivity index (χ4n) is 4.19. The number of ether oxygens (including phenoxy) is 5. The summed E-state index contributed by atoms with van der Waals surface area (Å²) in [6, 6.07) is 11.5. The quantitative estimate of drug-likeness (QED) is 0.509. The number of Topliss-reactive ketones (excluding diaryl/α,β-unsaturated/α-hetero) is 1. The second-order valence-electron chi connectivity index (χ2n) is 8.03. The number of benzene rings is 2. The Bertz CT molecular complexity index is 1010. The van der Waals surface area contributed by atoms with Crippen LogP contribution in [0.1, 0.15) is 30.6 Å². The number of carbonyl (C=O) groups is 1. The molecule has 1 saturated heterocycles. The molecule has 0 radical (unpaired) electrons. The predicted molar refractivity (Wildman–Crippen MR) is 131 cm³/mol. The Balaban J connectivity index is 1.48. The van der Waals surface area contributed by atoms with Gasteiger partial charge in [-0.05, 0) is 42.8 Å². The molecular weight excluding hydrogens is 458 g/mol. The van der Waals surface area contributed by atoms with Crippen molar-refractivity contribution in [2.75, 3.05) is 52.0 Å². The van der Waals surface area contributed by atoms with Crippen molar-refractivity contribution in [1.29, 1.82) is 0 Å². The topological polar surface area (TPSA) is 66.5 Å². The lowest BCUT2D eigenvalue weighted by molar-refractivity contribution is -0.138. The van der Waals surface area contributed by atoms with Gasteiger partial charge in [-0.15, -0.1) is 0 Å². The van der Waals surface area contributed by atoms with Crippen molar-refractivity contribution in [3.8, 4) is 11.5 Å². The third-order valence-electron chi connectivity index (χ3n) is 6.00. The van der Waals surface area contributed by atoms with E-state index in [2.05, 4.69) is 4.90 Å². The Kier molecular flexibility index (Phi) is 7.98. The Morgan fingerprint density at radius 2 is 1.76 bits per heavy atom. The van der Waals surface area contributed by atoms with E-state index in [4.69, 9.17) is 35.3 Å². The Labute approximate surface area is 205 Å². The molecule has 4 rings (SSSR count). The molecule has 0 aliphatic carbocycles. The maximum absolute atomic E-state index is 13.4. The molecule has 0 spiro atoms. The summed E-state index contributed by atoms with van der Waals surface area (Å²) in [6.45, 7) is 5.46. The van der Waals surface area contributed by atoms with Crippen LogP contribution in [0.5, 0.6) is 11.5 Å². The van der Waals surface area contributed by atoms with Gasteiger partial charge in [0.15, 0.2) is 6.10 Å². The second-order valence-corrected chi connectivity index (χ2v) is 8.41. The molecule has 0 amide bonds. The van der Waals surface area contributed by atoms with Gasteiger partial charge in [0.2, 0.25) is 5.78 Å². The largest absolute Gasteiger partial charge is 0.495 e. The molecule has 2 aromatic rings. The van der Waals surface area contributed by atoms with Crippen LogP contribution in [-0.4, -0.2) is 59.0 Å². The summed E-state index contributed by atoms with van der Waals surface area (Å²) in [7, 11) is 3.08. The highest BCUT2D eigenvalue weighted by molar-refractivity contribution is 6.33. The number of hydrogen-bond acceptors (Lipinski definition) is 7. The highest BCUT2D eigenvalue weighted by atomic mass is 35.5. The normalized spacial score (nSPS) is 18.8. The van der Waals surface area contributed by atoms with Crippen molar-refractivity contribution in [3.05, 3.63) is 58.6 Å². The van der Waals surface area contributed by atoms with Crippen LogP contribution in [0.15, 0.2) is 42.5 Å². The van der Waals surface area contributed by atoms with E-state index in [9.17, 15) is 4.79 Å². The van der Waals surface area contributed by atoms with Crippen LogP contribution in [0.2, 0.25) is 5.02 Å². The van der Waals surface area contributed by atoms with Gasteiger partial charge in [0.05, 0.1) is 27.4 Å². The fourth-order valence-corrected chi connectivity index (χ4v) is 4.46. The molecule has 182 valence electrons. The van der Waals surface area contributed by atoms with Gasteiger partial charge < -0.3 is 28.6 Å². The average molecular weight is 488 g/mol. The lowest BCUT2D eigenvalue weighted by Gasteiger charge is -2.29. The molecule has 2 aliphatic heterocycles. The average Bonchev–Trinajstić information content (AvgIpc) is 3.38. The summed E-state index contributed by atoms with van der Waals surface area (Å²) in [6.07, 6.45) is 1.01. The first-order chi connectivity index (χ1) is 16.5. The highest BCUT2D eigenvalue weighted by Crippen LogP contribution is 2.39. The number of halogens is 1. The van der Waals surface area contributed by atoms with Crippen molar-refractivity contribution < 1.29 is 28.5 Å². The molecule has 0 saturated carbocycles. The number of ketones is 1. The minimum atomic E-state index is -0.698. The monoisotopic (exact) mass is 487 g/mol. The number of methoxy groups -OCH3 is 2. The number of hydrogen-bond donors (Lipinski definition) is 0. The smallest absolute Gasteiger partial charge is 0.206 e. The number of morpholine rings is 1. The predicted octanol–water partition coefficient (Wildman–Crippen LogP) is 4.67. The van der Waals surface area contributed by atoms with E-state index in [-0.39, 0.29) is 5.78 Å². The molecule has 7 nitrogen and oxygen atoms in total. The lowest BCUT2D eigenvalue weighted by Crippen LogP contribution is -2.36. The summed E-state index contributed by atoms with van der Waals surface area (Å²) in [5.41, 5.74) is 2.66. The van der Waals surface area contributed by atoms with Gasteiger partial charge in [0, 0.05) is 37.4 Å². The van der Waals surface area contributed by atoms with Crippen LogP contribution in [-0.2, 0) is 19.0 Å². The number of carbonyl (C=O) groups excluding carboxylic acids is 1. The first-order valence-corrected chi connectivity index (χ1v) is 11.8. The molecule has 0 aromatic heterocycles. The number of anilines is 1. The third-order valence-corrected chi connectivity index (χ3v) is 6.37. The van der Waals surface area contributed by atoms with E-state index >= 15 is 0 Å². The summed E-state index contributed by atoms with van der Waals surface area (Å²) >= 11 is 6.28. The van der Waals surface area contributed by atoms with Crippen molar-refractivity contribution >= 4 is 28.8 Å². The molecule has 2 atom stereocenters. The molecular formula is C26H30ClNO6. The van der Waals surface area contributed by atoms with Gasteiger partial charge in [-0.2, -0.15) is 0 Å². The van der Waals surface area contributed by atoms with Crippen LogP contribution in [0.4, 0.5) is 5.69 Å². The Morgan fingerprint density at radius 3 is 2.35 bits per heavy atom. The van der Waals surface area contributed by atoms with Crippen LogP contribution in [0.3, 0.4) is 0 Å². The lowest BCUT2D eigenvalue weighted by atomic mass is 10.00. The Morgan fingerprint density at radius 1 is 1.12 bits per heavy atom. The summed E-state index contributed by atoms with van der Waals surface area (Å²) in [5.74, 6) is 1.43. The number of rotatable bonds is 9. The zero-order chi connectivity index (χ0) is 24.1. The molecule has 1 fully saturated rings. The van der Waals surface area contributed by atoms with Crippen LogP contribution >= 0.6 is 11.6 Å². The van der Waals surface area contributed by atoms with Gasteiger partial charge in [0.1, 0.15) is 28.4 Å². The van der Waals surface area contributed by atoms with Crippen molar-refractivity contribution in [2.24, 2.45) is 0 Å². The van der Waals surface area contributed by atoms with Gasteiger partial charge in [-0.25, -0.2) is 0 Å². The van der Waals surface area contributed by atoms with Crippen molar-refractivity contribution in [3.63, 3.8) is 0 Å². The summed E-state index contributed by atoms with van der Waals surface area (Å²) < 4.78 is 28.1. The van der Waals surface area contributed by atoms with Crippen molar-refractivity contribution in [2.45, 2.75) is 25.6 Å². The van der Waals surface area contributed by atoms with E-state index in [1.165, 1.54) is 14.2 Å². The molecule has 2 aromatic carbocycles. The van der Waals surface area contributed by atoms with Gasteiger partial charge in [-0.3, -0.25) is 4.79 Å². The van der Waals surface area contributed by atoms with Gasteiger partial charge >= 0.3 is 0 Å².